The second-order valence-corrected chi connectivity index (χ2v) is 4.76. The molecule has 1 N–H and O–H groups in total. The molecule has 1 heteroatoms. The van der Waals surface area contributed by atoms with Gasteiger partial charge in [-0.25, -0.2) is 0 Å². The Morgan fingerprint density at radius 2 is 1.29 bits per heavy atom. The highest BCUT2D eigenvalue weighted by Gasteiger charge is 1.91. The Balaban J connectivity index is 3.83. The average Bonchev–Trinajstić information content (AvgIpc) is 2.29. The number of hydrogen-bond donors (Lipinski definition) is 1. The lowest BCUT2D eigenvalue weighted by Crippen LogP contribution is -1.82. The van der Waals surface area contributed by atoms with E-state index in [1.165, 1.54) is 23.1 Å². The molecule has 0 atom stereocenters. The number of allylic oxidation sites excluding steroid dienone is 5. The minimum Gasteiger partial charge on any atom is -0.392 e. The number of aliphatic hydroxyl groups is 1. The van der Waals surface area contributed by atoms with Gasteiger partial charge < -0.3 is 5.11 Å². The summed E-state index contributed by atoms with van der Waals surface area (Å²) >= 11 is 0. The predicted octanol–water partition coefficient (Wildman–Crippen LogP) is 4.79. The van der Waals surface area contributed by atoms with Gasteiger partial charge in [0, 0.05) is 0 Å². The second kappa shape index (κ2) is 10.3. The molecule has 0 saturated heterocycles. The van der Waals surface area contributed by atoms with Crippen molar-refractivity contribution in [3.05, 3.63) is 34.9 Å². The van der Waals surface area contributed by atoms with E-state index in [0.29, 0.717) is 0 Å². The van der Waals surface area contributed by atoms with Crippen molar-refractivity contribution in [2.24, 2.45) is 0 Å². The lowest BCUT2D eigenvalue weighted by Gasteiger charge is -2.01. The molecule has 1 nitrogen and oxygen atoms in total. The van der Waals surface area contributed by atoms with E-state index in [9.17, 15) is 0 Å². The van der Waals surface area contributed by atoms with E-state index in [1.54, 1.807) is 0 Å². The number of aliphatic hydroxyl groups excluding tert-OH is 1. The van der Waals surface area contributed by atoms with Gasteiger partial charge in [-0.3, -0.25) is 0 Å². The van der Waals surface area contributed by atoms with Crippen LogP contribution in [0.3, 0.4) is 0 Å². The smallest absolute Gasteiger partial charge is 0.0614 e. The van der Waals surface area contributed by atoms with E-state index < -0.39 is 0 Å². The van der Waals surface area contributed by atoms with Crippen molar-refractivity contribution in [1.29, 1.82) is 0 Å². The van der Waals surface area contributed by atoms with E-state index in [-0.39, 0.29) is 6.61 Å². The van der Waals surface area contributed by atoms with Gasteiger partial charge in [-0.2, -0.15) is 0 Å². The fraction of sp³-hybridized carbons (Fsp3) is 0.625. The lowest BCUT2D eigenvalue weighted by molar-refractivity contribution is 0.341. The number of hydrogen-bond acceptors (Lipinski definition) is 1. The van der Waals surface area contributed by atoms with E-state index >= 15 is 0 Å². The fourth-order valence-corrected chi connectivity index (χ4v) is 1.60. The molecule has 0 aromatic heterocycles. The van der Waals surface area contributed by atoms with Crippen LogP contribution in [-0.4, -0.2) is 11.7 Å². The molecule has 0 aliphatic heterocycles. The van der Waals surface area contributed by atoms with Gasteiger partial charge in [0.15, 0.2) is 0 Å². The molecule has 0 spiro atoms. The SMILES string of the molecule is CC/C(C)=C/CC/C(C)=C/CC/C(C)=C/CO. The standard InChI is InChI=1S/C16H28O/c1-5-14(2)8-6-9-15(3)10-7-11-16(4)12-13-17/h8,10,12,17H,5-7,9,11,13H2,1-4H3/b14-8+,15-10+,16-12+. The zero-order chi connectivity index (χ0) is 13.1. The van der Waals surface area contributed by atoms with Crippen LogP contribution in [0.2, 0.25) is 0 Å². The molecule has 0 saturated carbocycles. The maximum absolute atomic E-state index is 8.74. The average molecular weight is 236 g/mol. The van der Waals surface area contributed by atoms with Gasteiger partial charge in [-0.05, 0) is 52.9 Å². The molecule has 0 aliphatic carbocycles. The summed E-state index contributed by atoms with van der Waals surface area (Å²) in [5, 5.41) is 8.74. The van der Waals surface area contributed by atoms with Crippen LogP contribution in [0, 0.1) is 0 Å². The minimum absolute atomic E-state index is 0.162. The third-order valence-electron chi connectivity index (χ3n) is 3.06. The quantitative estimate of drug-likeness (QED) is 0.601. The maximum Gasteiger partial charge on any atom is 0.0614 e. The van der Waals surface area contributed by atoms with Crippen LogP contribution in [0.1, 0.15) is 59.8 Å². The van der Waals surface area contributed by atoms with Crippen LogP contribution in [0.25, 0.3) is 0 Å². The lowest BCUT2D eigenvalue weighted by atomic mass is 10.1. The molecule has 17 heavy (non-hydrogen) atoms. The van der Waals surface area contributed by atoms with E-state index in [1.807, 2.05) is 6.08 Å². The summed E-state index contributed by atoms with van der Waals surface area (Å²) in [7, 11) is 0. The molecular formula is C16H28O. The molecule has 0 heterocycles. The minimum atomic E-state index is 0.162. The van der Waals surface area contributed by atoms with Crippen LogP contribution in [0.15, 0.2) is 34.9 Å². The van der Waals surface area contributed by atoms with Crippen LogP contribution < -0.4 is 0 Å². The monoisotopic (exact) mass is 236 g/mol. The fourth-order valence-electron chi connectivity index (χ4n) is 1.60. The first kappa shape index (κ1) is 16.2. The van der Waals surface area contributed by atoms with Gasteiger partial charge in [0.05, 0.1) is 6.61 Å². The van der Waals surface area contributed by atoms with Gasteiger partial charge in [-0.15, -0.1) is 0 Å². The molecular weight excluding hydrogens is 208 g/mol. The van der Waals surface area contributed by atoms with Crippen molar-refractivity contribution in [3.8, 4) is 0 Å². The molecule has 0 unspecified atom stereocenters. The van der Waals surface area contributed by atoms with Crippen LogP contribution in [0.4, 0.5) is 0 Å². The summed E-state index contributed by atoms with van der Waals surface area (Å²) in [5.74, 6) is 0. The molecule has 0 radical (unpaired) electrons. The van der Waals surface area contributed by atoms with Crippen LogP contribution >= 0.6 is 0 Å². The summed E-state index contributed by atoms with van der Waals surface area (Å²) in [6, 6.07) is 0. The first-order valence-electron chi connectivity index (χ1n) is 6.67. The summed E-state index contributed by atoms with van der Waals surface area (Å²) in [6.07, 6.45) is 12.2. The molecule has 0 aromatic carbocycles. The Morgan fingerprint density at radius 1 is 0.824 bits per heavy atom. The van der Waals surface area contributed by atoms with Gasteiger partial charge in [0.1, 0.15) is 0 Å². The van der Waals surface area contributed by atoms with Crippen molar-refractivity contribution in [2.75, 3.05) is 6.61 Å². The van der Waals surface area contributed by atoms with Crippen molar-refractivity contribution in [2.45, 2.75) is 59.8 Å². The zero-order valence-electron chi connectivity index (χ0n) is 11.9. The normalized spacial score (nSPS) is 14.3. The molecule has 98 valence electrons. The van der Waals surface area contributed by atoms with Crippen LogP contribution in [0.5, 0.6) is 0 Å². The summed E-state index contributed by atoms with van der Waals surface area (Å²) < 4.78 is 0. The summed E-state index contributed by atoms with van der Waals surface area (Å²) in [4.78, 5) is 0. The van der Waals surface area contributed by atoms with E-state index in [0.717, 1.165) is 25.7 Å². The Bertz CT molecular complexity index is 282. The molecule has 0 rings (SSSR count). The largest absolute Gasteiger partial charge is 0.392 e. The molecule has 0 amide bonds. The van der Waals surface area contributed by atoms with Crippen molar-refractivity contribution >= 4 is 0 Å². The summed E-state index contributed by atoms with van der Waals surface area (Å²) in [6.45, 7) is 8.84. The Hall–Kier alpha value is -0.820. The third-order valence-corrected chi connectivity index (χ3v) is 3.06. The Labute approximate surface area is 107 Å². The Morgan fingerprint density at radius 3 is 1.76 bits per heavy atom. The van der Waals surface area contributed by atoms with E-state index in [4.69, 9.17) is 5.11 Å². The molecule has 0 fully saturated rings. The molecule has 0 aliphatic rings. The highest BCUT2D eigenvalue weighted by atomic mass is 16.2. The van der Waals surface area contributed by atoms with Crippen molar-refractivity contribution in [3.63, 3.8) is 0 Å². The highest BCUT2D eigenvalue weighted by Crippen LogP contribution is 2.11. The van der Waals surface area contributed by atoms with Crippen molar-refractivity contribution < 1.29 is 5.11 Å². The first-order valence-corrected chi connectivity index (χ1v) is 6.67. The van der Waals surface area contributed by atoms with Crippen molar-refractivity contribution in [1.82, 2.24) is 0 Å². The van der Waals surface area contributed by atoms with Gasteiger partial charge in [0.25, 0.3) is 0 Å². The second-order valence-electron chi connectivity index (χ2n) is 4.76. The van der Waals surface area contributed by atoms with Crippen LogP contribution in [-0.2, 0) is 0 Å². The first-order chi connectivity index (χ1) is 8.10. The number of rotatable bonds is 8. The van der Waals surface area contributed by atoms with Gasteiger partial charge in [0.2, 0.25) is 0 Å². The third kappa shape index (κ3) is 10.1. The molecule has 0 aromatic rings. The maximum atomic E-state index is 8.74. The Kier molecular flexibility index (Phi) is 9.84. The topological polar surface area (TPSA) is 20.2 Å². The zero-order valence-corrected chi connectivity index (χ0v) is 11.9. The molecule has 0 bridgehead atoms. The summed E-state index contributed by atoms with van der Waals surface area (Å²) in [5.41, 5.74) is 4.24. The highest BCUT2D eigenvalue weighted by molar-refractivity contribution is 5.05. The van der Waals surface area contributed by atoms with Gasteiger partial charge in [-0.1, -0.05) is 41.9 Å². The predicted molar refractivity (Wildman–Crippen MR) is 77.1 cm³/mol. The van der Waals surface area contributed by atoms with Gasteiger partial charge >= 0.3 is 0 Å². The van der Waals surface area contributed by atoms with E-state index in [2.05, 4.69) is 39.8 Å².